The predicted octanol–water partition coefficient (Wildman–Crippen LogP) is -0.148. The number of carbonyl (C=O) groups excluding carboxylic acids is 2. The lowest BCUT2D eigenvalue weighted by molar-refractivity contribution is -0.152. The highest BCUT2D eigenvalue weighted by atomic mass is 32.2. The van der Waals surface area contributed by atoms with Crippen molar-refractivity contribution in [3.63, 3.8) is 0 Å². The Morgan fingerprint density at radius 3 is 2.46 bits per heavy atom. The van der Waals surface area contributed by atoms with Gasteiger partial charge in [-0.25, -0.2) is 21.6 Å². The van der Waals surface area contributed by atoms with Crippen molar-refractivity contribution < 1.29 is 31.2 Å². The number of hydrogen-bond acceptors (Lipinski definition) is 7. The molecule has 0 radical (unpaired) electrons. The van der Waals surface area contributed by atoms with E-state index in [1.54, 1.807) is 12.1 Å². The number of nitrogens with zero attached hydrogens (tertiary/aromatic N) is 1. The van der Waals surface area contributed by atoms with Gasteiger partial charge in [-0.3, -0.25) is 9.59 Å². The number of likely N-dealkylation sites (N-methyl/N-ethyl adjacent to an activating group) is 1. The topological polar surface area (TPSA) is 127 Å². The van der Waals surface area contributed by atoms with Crippen LogP contribution in [0.4, 0.5) is 0 Å². The summed E-state index contributed by atoms with van der Waals surface area (Å²) in [7, 11) is -5.38. The van der Waals surface area contributed by atoms with E-state index in [4.69, 9.17) is 4.74 Å². The Labute approximate surface area is 165 Å². The second kappa shape index (κ2) is 9.01. The summed E-state index contributed by atoms with van der Waals surface area (Å²) in [6.45, 7) is 1.15. The van der Waals surface area contributed by atoms with Gasteiger partial charge in [0.15, 0.2) is 16.4 Å². The van der Waals surface area contributed by atoms with Gasteiger partial charge in [0.25, 0.3) is 5.91 Å². The molecule has 1 amide bonds. The average molecular weight is 433 g/mol. The van der Waals surface area contributed by atoms with E-state index in [0.29, 0.717) is 6.42 Å². The highest BCUT2D eigenvalue weighted by Crippen LogP contribution is 2.16. The van der Waals surface area contributed by atoms with Gasteiger partial charge in [0.1, 0.15) is 0 Å². The molecule has 1 aromatic carbocycles. The third-order valence-corrected chi connectivity index (χ3v) is 7.69. The second-order valence-corrected chi connectivity index (χ2v) is 10.7. The number of esters is 1. The summed E-state index contributed by atoms with van der Waals surface area (Å²) < 4.78 is 54.3. The molecule has 1 fully saturated rings. The quantitative estimate of drug-likeness (QED) is 0.566. The molecule has 1 aliphatic heterocycles. The van der Waals surface area contributed by atoms with Gasteiger partial charge in [0, 0.05) is 19.6 Å². The lowest BCUT2D eigenvalue weighted by atomic mass is 10.2. The number of benzene rings is 1. The van der Waals surface area contributed by atoms with Gasteiger partial charge in [-0.05, 0) is 25.5 Å². The minimum atomic E-state index is -3.73. The third kappa shape index (κ3) is 6.28. The minimum absolute atomic E-state index is 0.0379. The molecule has 1 aliphatic rings. The number of aryl methyl sites for hydroxylation is 1. The minimum Gasteiger partial charge on any atom is -0.456 e. The van der Waals surface area contributed by atoms with Crippen molar-refractivity contribution in [1.29, 1.82) is 0 Å². The number of sulfonamides is 1. The van der Waals surface area contributed by atoms with Gasteiger partial charge in [-0.15, -0.1) is 0 Å². The molecule has 1 saturated heterocycles. The molecule has 2 rings (SSSR count). The summed E-state index contributed by atoms with van der Waals surface area (Å²) in [5.74, 6) is -1.29. The molecule has 9 nitrogen and oxygen atoms in total. The Morgan fingerprint density at radius 1 is 1.25 bits per heavy atom. The predicted molar refractivity (Wildman–Crippen MR) is 102 cm³/mol. The van der Waals surface area contributed by atoms with Crippen LogP contribution in [0.3, 0.4) is 0 Å². The third-order valence-electron chi connectivity index (χ3n) is 4.46. The first kappa shape index (κ1) is 22.3. The van der Waals surface area contributed by atoms with E-state index in [1.165, 1.54) is 24.1 Å². The van der Waals surface area contributed by atoms with Gasteiger partial charge in [-0.2, -0.15) is 0 Å². The smallest absolute Gasteiger partial charge is 0.307 e. The van der Waals surface area contributed by atoms with Crippen molar-refractivity contribution in [3.05, 3.63) is 29.8 Å². The highest BCUT2D eigenvalue weighted by Gasteiger charge is 2.32. The Hall–Kier alpha value is -1.98. The molecule has 1 N–H and O–H groups in total. The first-order valence-electron chi connectivity index (χ1n) is 8.68. The lowest BCUT2D eigenvalue weighted by Crippen LogP contribution is -2.40. The van der Waals surface area contributed by atoms with Gasteiger partial charge < -0.3 is 9.64 Å². The zero-order valence-corrected chi connectivity index (χ0v) is 17.4. The fraction of sp³-hybridized carbons (Fsp3) is 0.529. The number of hydrogen-bond donors (Lipinski definition) is 1. The number of nitrogens with one attached hydrogen (secondary N) is 1. The Balaban J connectivity index is 1.73. The van der Waals surface area contributed by atoms with Crippen molar-refractivity contribution in [1.82, 2.24) is 9.62 Å². The molecule has 0 bridgehead atoms. The maximum atomic E-state index is 12.1. The van der Waals surface area contributed by atoms with Crippen molar-refractivity contribution in [2.45, 2.75) is 30.7 Å². The van der Waals surface area contributed by atoms with Crippen molar-refractivity contribution in [2.24, 2.45) is 0 Å². The van der Waals surface area contributed by atoms with Crippen LogP contribution in [-0.2, 0) is 34.2 Å². The van der Waals surface area contributed by atoms with E-state index in [9.17, 15) is 26.4 Å². The van der Waals surface area contributed by atoms with Crippen LogP contribution < -0.4 is 4.72 Å². The van der Waals surface area contributed by atoms with Gasteiger partial charge >= 0.3 is 5.97 Å². The molecule has 1 unspecified atom stereocenters. The van der Waals surface area contributed by atoms with Crippen LogP contribution in [-0.4, -0.2) is 71.4 Å². The molecule has 0 spiro atoms. The fourth-order valence-corrected chi connectivity index (χ4v) is 5.50. The van der Waals surface area contributed by atoms with E-state index >= 15 is 0 Å². The summed E-state index contributed by atoms with van der Waals surface area (Å²) in [4.78, 5) is 25.1. The van der Waals surface area contributed by atoms with E-state index < -0.39 is 44.4 Å². The van der Waals surface area contributed by atoms with E-state index in [-0.39, 0.29) is 29.4 Å². The van der Waals surface area contributed by atoms with E-state index in [2.05, 4.69) is 4.72 Å². The largest absolute Gasteiger partial charge is 0.456 e. The number of rotatable bonds is 8. The summed E-state index contributed by atoms with van der Waals surface area (Å²) in [6.07, 6.45) is 0.124. The van der Waals surface area contributed by atoms with Gasteiger partial charge in [0.05, 0.1) is 22.8 Å². The van der Waals surface area contributed by atoms with Crippen molar-refractivity contribution in [3.8, 4) is 0 Å². The van der Waals surface area contributed by atoms with Crippen LogP contribution in [0.1, 0.15) is 18.4 Å². The Kier molecular flexibility index (Phi) is 7.18. The van der Waals surface area contributed by atoms with Crippen LogP contribution in [0.2, 0.25) is 0 Å². The molecule has 0 aromatic heterocycles. The average Bonchev–Trinajstić information content (AvgIpc) is 2.99. The van der Waals surface area contributed by atoms with E-state index in [1.807, 2.05) is 6.92 Å². The SMILES string of the molecule is Cc1ccc(S(=O)(=O)NCCC(=O)OCC(=O)N(C)C2CCS(=O)(=O)C2)cc1. The number of ether oxygens (including phenoxy) is 1. The lowest BCUT2D eigenvalue weighted by Gasteiger charge is -2.23. The number of sulfone groups is 1. The first-order chi connectivity index (χ1) is 13.0. The van der Waals surface area contributed by atoms with E-state index in [0.717, 1.165) is 5.56 Å². The maximum Gasteiger partial charge on any atom is 0.307 e. The zero-order chi connectivity index (χ0) is 20.9. The van der Waals surface area contributed by atoms with Crippen LogP contribution in [0, 0.1) is 6.92 Å². The molecule has 156 valence electrons. The molecule has 1 heterocycles. The summed E-state index contributed by atoms with van der Waals surface area (Å²) in [5.41, 5.74) is 0.923. The van der Waals surface area contributed by atoms with Crippen LogP contribution in [0.25, 0.3) is 0 Å². The summed E-state index contributed by atoms with van der Waals surface area (Å²) >= 11 is 0. The van der Waals surface area contributed by atoms with Crippen molar-refractivity contribution >= 4 is 31.7 Å². The first-order valence-corrected chi connectivity index (χ1v) is 12.0. The molecule has 0 aliphatic carbocycles. The Bertz CT molecular complexity index is 925. The van der Waals surface area contributed by atoms with Crippen LogP contribution in [0.5, 0.6) is 0 Å². The fourth-order valence-electron chi connectivity index (χ4n) is 2.69. The second-order valence-electron chi connectivity index (χ2n) is 6.68. The zero-order valence-electron chi connectivity index (χ0n) is 15.8. The molecule has 1 atom stereocenters. The molecule has 28 heavy (non-hydrogen) atoms. The molecule has 1 aromatic rings. The summed E-state index contributed by atoms with van der Waals surface area (Å²) in [6, 6.07) is 5.85. The Morgan fingerprint density at radius 2 is 1.89 bits per heavy atom. The molecular formula is C17H24N2O7S2. The van der Waals surface area contributed by atoms with Crippen LogP contribution in [0.15, 0.2) is 29.2 Å². The van der Waals surface area contributed by atoms with Crippen molar-refractivity contribution in [2.75, 3.05) is 31.7 Å². The van der Waals surface area contributed by atoms with Crippen LogP contribution >= 0.6 is 0 Å². The number of carbonyl (C=O) groups is 2. The monoisotopic (exact) mass is 432 g/mol. The van der Waals surface area contributed by atoms with Gasteiger partial charge in [0.2, 0.25) is 10.0 Å². The summed E-state index contributed by atoms with van der Waals surface area (Å²) in [5, 5.41) is 0. The number of amides is 1. The molecule has 0 saturated carbocycles. The molecular weight excluding hydrogens is 408 g/mol. The highest BCUT2D eigenvalue weighted by molar-refractivity contribution is 7.91. The maximum absolute atomic E-state index is 12.1. The standard InChI is InChI=1S/C17H24N2O7S2/c1-13-3-5-15(6-4-13)28(24,25)18-9-7-17(21)26-11-16(20)19(2)14-8-10-27(22,23)12-14/h3-6,14,18H,7-12H2,1-2H3. The molecule has 11 heteroatoms. The normalized spacial score (nSPS) is 18.6. The van der Waals surface area contributed by atoms with Gasteiger partial charge in [-0.1, -0.05) is 17.7 Å².